The van der Waals surface area contributed by atoms with E-state index in [1.165, 1.54) is 0 Å². The predicted molar refractivity (Wildman–Crippen MR) is 244 cm³/mol. The van der Waals surface area contributed by atoms with Gasteiger partial charge in [-0.3, -0.25) is 0 Å². The molecule has 0 bridgehead atoms. The Hall–Kier alpha value is -7.20. The van der Waals surface area contributed by atoms with Crippen molar-refractivity contribution >= 4 is 75.1 Å². The van der Waals surface area contributed by atoms with Crippen molar-refractivity contribution in [3.63, 3.8) is 0 Å². The zero-order valence-corrected chi connectivity index (χ0v) is 31.2. The van der Waals surface area contributed by atoms with Crippen molar-refractivity contribution in [3.8, 4) is 44.8 Å². The molecule has 0 radical (unpaired) electrons. The molecule has 0 aliphatic rings. The van der Waals surface area contributed by atoms with Crippen LogP contribution >= 0.6 is 11.3 Å². The van der Waals surface area contributed by atoms with Crippen molar-refractivity contribution in [1.29, 1.82) is 0 Å². The number of hydrogen-bond acceptors (Lipinski definition) is 1. The lowest BCUT2D eigenvalue weighted by Gasteiger charge is -2.12. The Morgan fingerprint density at radius 3 is 1.86 bits per heavy atom. The minimum Gasteiger partial charge on any atom is -0.309 e. The van der Waals surface area contributed by atoms with E-state index >= 15 is 0 Å². The normalized spacial score (nSPS) is 13.6. The zero-order valence-electron chi connectivity index (χ0n) is 37.4. The second-order valence-corrected chi connectivity index (χ2v) is 15.5. The van der Waals surface area contributed by atoms with Crippen LogP contribution in [0, 0.1) is 0 Å². The molecule has 266 valence electrons. The van der Waals surface area contributed by atoms with Crippen molar-refractivity contribution in [1.82, 2.24) is 9.13 Å². The van der Waals surface area contributed by atoms with Gasteiger partial charge in [0, 0.05) is 53.1 Å². The van der Waals surface area contributed by atoms with Gasteiger partial charge in [-0.2, -0.15) is 0 Å². The van der Waals surface area contributed by atoms with E-state index < -0.39 is 12.1 Å². The molecule has 3 heterocycles. The molecular formula is C54H34N2S. The van der Waals surface area contributed by atoms with Gasteiger partial charge in [0.1, 0.15) is 0 Å². The van der Waals surface area contributed by atoms with E-state index in [9.17, 15) is 6.85 Å². The summed E-state index contributed by atoms with van der Waals surface area (Å²) in [6, 6.07) is 53.6. The van der Waals surface area contributed by atoms with Crippen molar-refractivity contribution in [2.75, 3.05) is 0 Å². The molecule has 3 heteroatoms. The standard InChI is InChI=1S/C54H34N2S/c1-3-12-35(13-4-1)37-16-11-17-41(30-37)56-51-28-24-39(32-47(51)44-26-22-40(33-52(44)56)36-14-5-2-6-15-36)38-23-27-50-46(31-38)43-18-7-9-20-49(43)55(50)42-25-29-54-48(34-42)45-19-8-10-21-53(45)57-54/h1-34H/i7D,9D,18D,20D,23D,27D,31D. The maximum atomic E-state index is 9.94. The second-order valence-electron chi connectivity index (χ2n) is 14.4. The molecule has 0 saturated heterocycles. The first-order chi connectivity index (χ1) is 31.2. The van der Waals surface area contributed by atoms with Crippen LogP contribution in [0.4, 0.5) is 0 Å². The highest BCUT2D eigenvalue weighted by Gasteiger charge is 2.18. The van der Waals surface area contributed by atoms with Crippen LogP contribution < -0.4 is 0 Å². The number of para-hydroxylation sites is 1. The van der Waals surface area contributed by atoms with Crippen LogP contribution in [0.5, 0.6) is 0 Å². The fourth-order valence-electron chi connectivity index (χ4n) is 8.49. The first-order valence-corrected chi connectivity index (χ1v) is 19.8. The quantitative estimate of drug-likeness (QED) is 0.166. The van der Waals surface area contributed by atoms with E-state index in [1.54, 1.807) is 15.9 Å². The molecular weight excluding hydrogens is 709 g/mol. The third-order valence-corrected chi connectivity index (χ3v) is 12.3. The zero-order chi connectivity index (χ0) is 43.5. The van der Waals surface area contributed by atoms with Gasteiger partial charge >= 0.3 is 0 Å². The summed E-state index contributed by atoms with van der Waals surface area (Å²) in [5.41, 5.74) is 8.98. The summed E-state index contributed by atoms with van der Waals surface area (Å²) < 4.78 is 71.3. The van der Waals surface area contributed by atoms with Crippen molar-refractivity contribution in [3.05, 3.63) is 206 Å². The van der Waals surface area contributed by atoms with Gasteiger partial charge in [0.2, 0.25) is 0 Å². The maximum absolute atomic E-state index is 9.94. The fraction of sp³-hybridized carbons (Fsp3) is 0. The summed E-state index contributed by atoms with van der Waals surface area (Å²) >= 11 is 1.66. The van der Waals surface area contributed by atoms with Gasteiger partial charge in [-0.15, -0.1) is 11.3 Å². The number of fused-ring (bicyclic) bond motifs is 9. The lowest BCUT2D eigenvalue weighted by molar-refractivity contribution is 1.18. The van der Waals surface area contributed by atoms with Crippen LogP contribution in [0.15, 0.2) is 206 Å². The first kappa shape index (κ1) is 25.8. The number of benzene rings is 9. The Kier molecular flexibility index (Phi) is 5.74. The minimum absolute atomic E-state index is 0.0724. The van der Waals surface area contributed by atoms with E-state index in [0.717, 1.165) is 69.9 Å². The summed E-state index contributed by atoms with van der Waals surface area (Å²) in [5.74, 6) is 0. The molecule has 2 nitrogen and oxygen atoms in total. The van der Waals surface area contributed by atoms with Gasteiger partial charge in [0.05, 0.1) is 31.7 Å². The van der Waals surface area contributed by atoms with Gasteiger partial charge in [-0.05, 0) is 106 Å². The molecule has 0 unspecified atom stereocenters. The monoisotopic (exact) mass is 749 g/mol. The SMILES string of the molecule is [2H]c1c([2H])c([2H])c2c(c1[2H])c1c([2H])c(-c3ccc4c(c3)c3ccc(-c5ccccc5)cc3n4-c3cccc(-c4ccccc4)c3)c([2H])c([2H])c1n2-c1ccc2sc3ccccc3c2c1. The van der Waals surface area contributed by atoms with Crippen LogP contribution in [0.2, 0.25) is 0 Å². The molecule has 0 spiro atoms. The van der Waals surface area contributed by atoms with Crippen LogP contribution in [0.25, 0.3) is 109 Å². The van der Waals surface area contributed by atoms with Crippen LogP contribution in [0.3, 0.4) is 0 Å². The Labute approximate surface area is 343 Å². The Morgan fingerprint density at radius 2 is 1.00 bits per heavy atom. The highest BCUT2D eigenvalue weighted by atomic mass is 32.1. The van der Waals surface area contributed by atoms with Gasteiger partial charge in [0.15, 0.2) is 0 Å². The minimum atomic E-state index is -0.418. The Morgan fingerprint density at radius 1 is 0.333 bits per heavy atom. The molecule has 57 heavy (non-hydrogen) atoms. The van der Waals surface area contributed by atoms with E-state index in [4.69, 9.17) is 2.74 Å². The smallest absolute Gasteiger partial charge is 0.0645 e. The number of nitrogens with zero attached hydrogens (tertiary/aromatic N) is 2. The first-order valence-electron chi connectivity index (χ1n) is 22.4. The topological polar surface area (TPSA) is 9.86 Å². The Bertz CT molecular complexity index is 3930. The van der Waals surface area contributed by atoms with E-state index in [-0.39, 0.29) is 57.6 Å². The number of rotatable bonds is 5. The Balaban J connectivity index is 1.13. The molecule has 0 saturated carbocycles. The molecule has 12 aromatic rings. The van der Waals surface area contributed by atoms with E-state index in [0.29, 0.717) is 11.3 Å². The van der Waals surface area contributed by atoms with Crippen molar-refractivity contribution < 1.29 is 9.60 Å². The average Bonchev–Trinajstić information content (AvgIpc) is 4.00. The summed E-state index contributed by atoms with van der Waals surface area (Å²) in [6.45, 7) is 0. The van der Waals surface area contributed by atoms with Gasteiger partial charge in [-0.1, -0.05) is 133 Å². The number of aromatic nitrogens is 2. The van der Waals surface area contributed by atoms with Gasteiger partial charge < -0.3 is 9.13 Å². The third kappa shape index (κ3) is 5.10. The maximum Gasteiger partial charge on any atom is 0.0645 e. The second kappa shape index (κ2) is 12.7. The van der Waals surface area contributed by atoms with Crippen LogP contribution in [0.1, 0.15) is 9.60 Å². The van der Waals surface area contributed by atoms with Gasteiger partial charge in [-0.25, -0.2) is 0 Å². The number of thiophene rings is 1. The summed E-state index contributed by atoms with van der Waals surface area (Å²) in [6.07, 6.45) is 0. The van der Waals surface area contributed by atoms with E-state index in [1.807, 2.05) is 84.9 Å². The predicted octanol–water partition coefficient (Wildman–Crippen LogP) is 15.2. The largest absolute Gasteiger partial charge is 0.309 e. The molecule has 0 fully saturated rings. The van der Waals surface area contributed by atoms with Crippen LogP contribution in [-0.2, 0) is 0 Å². The third-order valence-electron chi connectivity index (χ3n) is 11.1. The molecule has 0 aliphatic carbocycles. The molecule has 3 aromatic heterocycles. The molecule has 0 N–H and O–H groups in total. The molecule has 9 aromatic carbocycles. The molecule has 12 rings (SSSR count). The summed E-state index contributed by atoms with van der Waals surface area (Å²) in [4.78, 5) is 0. The molecule has 0 amide bonds. The average molecular weight is 750 g/mol. The van der Waals surface area contributed by atoms with Crippen molar-refractivity contribution in [2.24, 2.45) is 0 Å². The fourth-order valence-corrected chi connectivity index (χ4v) is 9.58. The summed E-state index contributed by atoms with van der Waals surface area (Å²) in [5, 5.41) is 4.28. The molecule has 0 atom stereocenters. The van der Waals surface area contributed by atoms with Crippen LogP contribution in [-0.4, -0.2) is 9.13 Å². The highest BCUT2D eigenvalue weighted by Crippen LogP contribution is 2.41. The number of hydrogen-bond donors (Lipinski definition) is 0. The summed E-state index contributed by atoms with van der Waals surface area (Å²) in [7, 11) is 0. The van der Waals surface area contributed by atoms with Gasteiger partial charge in [0.25, 0.3) is 0 Å². The lowest BCUT2D eigenvalue weighted by Crippen LogP contribution is -1.95. The molecule has 0 aliphatic heterocycles. The lowest BCUT2D eigenvalue weighted by atomic mass is 9.99. The van der Waals surface area contributed by atoms with E-state index in [2.05, 4.69) is 83.4 Å². The van der Waals surface area contributed by atoms with Crippen molar-refractivity contribution in [2.45, 2.75) is 0 Å². The highest BCUT2D eigenvalue weighted by molar-refractivity contribution is 7.25.